The van der Waals surface area contributed by atoms with Gasteiger partial charge < -0.3 is 14.9 Å². The van der Waals surface area contributed by atoms with Crippen molar-refractivity contribution in [3.8, 4) is 5.75 Å². The number of carboxylic acids is 1. The van der Waals surface area contributed by atoms with Crippen molar-refractivity contribution in [1.29, 1.82) is 0 Å². The zero-order chi connectivity index (χ0) is 12.8. The highest BCUT2D eigenvalue weighted by molar-refractivity contribution is 7.99. The maximum atomic E-state index is 11.0. The topological polar surface area (TPSA) is 66.8 Å². The lowest BCUT2D eigenvalue weighted by atomic mass is 10.2. The first-order chi connectivity index (χ1) is 8.08. The van der Waals surface area contributed by atoms with Crippen molar-refractivity contribution in [3.05, 3.63) is 23.8 Å². The Morgan fingerprint density at radius 3 is 2.76 bits per heavy atom. The molecule has 0 radical (unpaired) electrons. The third kappa shape index (κ3) is 3.94. The molecule has 1 aromatic rings. The van der Waals surface area contributed by atoms with Gasteiger partial charge in [0.15, 0.2) is 0 Å². The second kappa shape index (κ2) is 6.51. The molecule has 0 aliphatic heterocycles. The summed E-state index contributed by atoms with van der Waals surface area (Å²) in [4.78, 5) is 11.7. The van der Waals surface area contributed by atoms with E-state index in [4.69, 9.17) is 14.9 Å². The van der Waals surface area contributed by atoms with Crippen LogP contribution in [-0.2, 0) is 0 Å². The Morgan fingerprint density at radius 2 is 2.24 bits per heavy atom. The van der Waals surface area contributed by atoms with E-state index >= 15 is 0 Å². The predicted molar refractivity (Wildman–Crippen MR) is 66.9 cm³/mol. The summed E-state index contributed by atoms with van der Waals surface area (Å²) in [6, 6.07) is 4.87. The maximum Gasteiger partial charge on any atom is 0.336 e. The minimum Gasteiger partial charge on any atom is -0.497 e. The van der Waals surface area contributed by atoms with E-state index in [-0.39, 0.29) is 18.1 Å². The molecule has 0 aliphatic carbocycles. The first kappa shape index (κ1) is 13.9. The molecule has 4 nitrogen and oxygen atoms in total. The van der Waals surface area contributed by atoms with Gasteiger partial charge in [0, 0.05) is 17.3 Å². The maximum absolute atomic E-state index is 11.0. The number of aromatic carboxylic acids is 1. The summed E-state index contributed by atoms with van der Waals surface area (Å²) in [5, 5.41) is 18.0. The molecule has 1 atom stereocenters. The molecule has 0 saturated heterocycles. The largest absolute Gasteiger partial charge is 0.497 e. The van der Waals surface area contributed by atoms with Crippen LogP contribution in [0.25, 0.3) is 0 Å². The van der Waals surface area contributed by atoms with Crippen LogP contribution in [0.5, 0.6) is 5.75 Å². The monoisotopic (exact) mass is 256 g/mol. The van der Waals surface area contributed by atoms with E-state index in [0.29, 0.717) is 16.4 Å². The van der Waals surface area contributed by atoms with Gasteiger partial charge in [0.25, 0.3) is 0 Å². The molecule has 0 saturated carbocycles. The fraction of sp³-hybridized carbons (Fsp3) is 0.417. The second-order valence-electron chi connectivity index (χ2n) is 3.77. The summed E-state index contributed by atoms with van der Waals surface area (Å²) in [5.74, 6) is 0.484. The van der Waals surface area contributed by atoms with Gasteiger partial charge in [0.1, 0.15) is 5.75 Å². The van der Waals surface area contributed by atoms with Gasteiger partial charge in [-0.3, -0.25) is 0 Å². The van der Waals surface area contributed by atoms with Crippen LogP contribution in [-0.4, -0.2) is 35.7 Å². The molecular formula is C12H16O4S. The van der Waals surface area contributed by atoms with Gasteiger partial charge in [0.2, 0.25) is 0 Å². The highest BCUT2D eigenvalue weighted by Crippen LogP contribution is 2.28. The van der Waals surface area contributed by atoms with Crippen LogP contribution in [0.3, 0.4) is 0 Å². The Hall–Kier alpha value is -1.20. The average Bonchev–Trinajstić information content (AvgIpc) is 2.35. The van der Waals surface area contributed by atoms with Crippen LogP contribution in [0.2, 0.25) is 0 Å². The van der Waals surface area contributed by atoms with Gasteiger partial charge in [-0.2, -0.15) is 0 Å². The minimum absolute atomic E-state index is 0.0966. The van der Waals surface area contributed by atoms with Crippen LogP contribution in [0.4, 0.5) is 0 Å². The van der Waals surface area contributed by atoms with Crippen LogP contribution in [0.1, 0.15) is 17.3 Å². The first-order valence-electron chi connectivity index (χ1n) is 5.23. The van der Waals surface area contributed by atoms with Crippen LogP contribution < -0.4 is 4.74 Å². The van der Waals surface area contributed by atoms with Crippen molar-refractivity contribution < 1.29 is 19.7 Å². The van der Waals surface area contributed by atoms with E-state index < -0.39 is 5.97 Å². The minimum atomic E-state index is -0.952. The lowest BCUT2D eigenvalue weighted by Crippen LogP contribution is -2.05. The SMILES string of the molecule is COc1ccc(C(=O)O)c(SCC(C)CO)c1. The molecule has 1 unspecified atom stereocenters. The number of ether oxygens (including phenoxy) is 1. The van der Waals surface area contributed by atoms with Crippen molar-refractivity contribution >= 4 is 17.7 Å². The molecule has 5 heteroatoms. The number of hydrogen-bond acceptors (Lipinski definition) is 4. The quantitative estimate of drug-likeness (QED) is 0.763. The number of thioether (sulfide) groups is 1. The summed E-state index contributed by atoms with van der Waals surface area (Å²) < 4.78 is 5.07. The van der Waals surface area contributed by atoms with E-state index in [9.17, 15) is 4.79 Å². The van der Waals surface area contributed by atoms with Gasteiger partial charge >= 0.3 is 5.97 Å². The average molecular weight is 256 g/mol. The Bertz CT molecular complexity index is 392. The predicted octanol–water partition coefficient (Wildman–Crippen LogP) is 2.11. The Kier molecular flexibility index (Phi) is 5.31. The van der Waals surface area contributed by atoms with Gasteiger partial charge in [0.05, 0.1) is 12.7 Å². The van der Waals surface area contributed by atoms with E-state index in [1.807, 2.05) is 6.92 Å². The number of rotatable bonds is 6. The van der Waals surface area contributed by atoms with E-state index in [1.54, 1.807) is 19.2 Å². The number of hydrogen-bond donors (Lipinski definition) is 2. The third-order valence-corrected chi connectivity index (χ3v) is 3.64. The summed E-state index contributed by atoms with van der Waals surface area (Å²) in [6.45, 7) is 2.01. The molecule has 94 valence electrons. The molecule has 0 amide bonds. The van der Waals surface area contributed by atoms with Crippen molar-refractivity contribution in [2.75, 3.05) is 19.5 Å². The molecular weight excluding hydrogens is 240 g/mol. The van der Waals surface area contributed by atoms with Gasteiger partial charge in [-0.15, -0.1) is 11.8 Å². The molecule has 17 heavy (non-hydrogen) atoms. The van der Waals surface area contributed by atoms with Gasteiger partial charge in [-0.05, 0) is 24.1 Å². The van der Waals surface area contributed by atoms with Crippen molar-refractivity contribution in [3.63, 3.8) is 0 Å². The highest BCUT2D eigenvalue weighted by Gasteiger charge is 2.12. The summed E-state index contributed by atoms with van der Waals surface area (Å²) >= 11 is 1.42. The van der Waals surface area contributed by atoms with Gasteiger partial charge in [-0.1, -0.05) is 6.92 Å². The van der Waals surface area contributed by atoms with Crippen LogP contribution in [0, 0.1) is 5.92 Å². The smallest absolute Gasteiger partial charge is 0.336 e. The van der Waals surface area contributed by atoms with E-state index in [1.165, 1.54) is 17.8 Å². The zero-order valence-electron chi connectivity index (χ0n) is 9.84. The summed E-state index contributed by atoms with van der Waals surface area (Å²) in [7, 11) is 1.54. The van der Waals surface area contributed by atoms with Crippen molar-refractivity contribution in [2.45, 2.75) is 11.8 Å². The number of carbonyl (C=O) groups is 1. The first-order valence-corrected chi connectivity index (χ1v) is 6.22. The standard InChI is InChI=1S/C12H16O4S/c1-8(6-13)7-17-11-5-9(16-2)3-4-10(11)12(14)15/h3-5,8,13H,6-7H2,1-2H3,(H,14,15). The molecule has 0 aromatic heterocycles. The Labute approximate surface area is 105 Å². The zero-order valence-corrected chi connectivity index (χ0v) is 10.7. The van der Waals surface area contributed by atoms with E-state index in [0.717, 1.165) is 0 Å². The highest BCUT2D eigenvalue weighted by atomic mass is 32.2. The number of benzene rings is 1. The summed E-state index contributed by atoms with van der Waals surface area (Å²) in [6.07, 6.45) is 0. The molecule has 0 spiro atoms. The molecule has 0 heterocycles. The second-order valence-corrected chi connectivity index (χ2v) is 4.83. The molecule has 0 bridgehead atoms. The van der Waals surface area contributed by atoms with E-state index in [2.05, 4.69) is 0 Å². The molecule has 1 aromatic carbocycles. The number of methoxy groups -OCH3 is 1. The molecule has 1 rings (SSSR count). The third-order valence-electron chi connectivity index (χ3n) is 2.25. The number of aliphatic hydroxyl groups excluding tert-OH is 1. The molecule has 0 fully saturated rings. The molecule has 0 aliphatic rings. The fourth-order valence-electron chi connectivity index (χ4n) is 1.21. The van der Waals surface area contributed by atoms with Crippen LogP contribution in [0.15, 0.2) is 23.1 Å². The van der Waals surface area contributed by atoms with Crippen LogP contribution >= 0.6 is 11.8 Å². The Balaban J connectivity index is 2.89. The Morgan fingerprint density at radius 1 is 1.53 bits per heavy atom. The van der Waals surface area contributed by atoms with Gasteiger partial charge in [-0.25, -0.2) is 4.79 Å². The fourth-order valence-corrected chi connectivity index (χ4v) is 2.29. The molecule has 2 N–H and O–H groups in total. The number of aliphatic hydroxyl groups is 1. The van der Waals surface area contributed by atoms with Crippen molar-refractivity contribution in [2.24, 2.45) is 5.92 Å². The van der Waals surface area contributed by atoms with Crippen molar-refractivity contribution in [1.82, 2.24) is 0 Å². The lowest BCUT2D eigenvalue weighted by molar-refractivity contribution is 0.0693. The number of carboxylic acid groups (broad SMARTS) is 1. The normalized spacial score (nSPS) is 12.2. The summed E-state index contributed by atoms with van der Waals surface area (Å²) in [5.41, 5.74) is 0.265. The lowest BCUT2D eigenvalue weighted by Gasteiger charge is -2.10.